The lowest BCUT2D eigenvalue weighted by Crippen LogP contribution is -2.30. The van der Waals surface area contributed by atoms with Crippen LogP contribution in [0.3, 0.4) is 0 Å². The molecule has 2 rings (SSSR count). The quantitative estimate of drug-likeness (QED) is 0.423. The number of hydrogen-bond acceptors (Lipinski definition) is 7. The molecule has 2 atom stereocenters. The highest BCUT2D eigenvalue weighted by Gasteiger charge is 2.29. The van der Waals surface area contributed by atoms with E-state index in [0.717, 1.165) is 5.56 Å². The van der Waals surface area contributed by atoms with Gasteiger partial charge in [-0.25, -0.2) is 0 Å². The van der Waals surface area contributed by atoms with Crippen LogP contribution in [0.25, 0.3) is 6.08 Å². The summed E-state index contributed by atoms with van der Waals surface area (Å²) in [6, 6.07) is 6.62. The highest BCUT2D eigenvalue weighted by molar-refractivity contribution is 5.97. The van der Waals surface area contributed by atoms with Crippen LogP contribution in [0.15, 0.2) is 54.3 Å². The largest absolute Gasteiger partial charge is 0.457 e. The van der Waals surface area contributed by atoms with Crippen LogP contribution in [0.4, 0.5) is 0 Å². The zero-order chi connectivity index (χ0) is 20.7. The Kier molecular flexibility index (Phi) is 7.03. The first kappa shape index (κ1) is 20.8. The summed E-state index contributed by atoms with van der Waals surface area (Å²) in [4.78, 5) is 45.9. The molecule has 0 saturated carbocycles. The van der Waals surface area contributed by atoms with Crippen molar-refractivity contribution in [2.45, 2.75) is 26.9 Å². The van der Waals surface area contributed by atoms with E-state index >= 15 is 0 Å². The maximum Gasteiger partial charge on any atom is 0.308 e. The average Bonchev–Trinajstić information content (AvgIpc) is 2.59. The van der Waals surface area contributed by atoms with Crippen molar-refractivity contribution in [2.24, 2.45) is 5.92 Å². The molecular weight excluding hydrogens is 364 g/mol. The Morgan fingerprint density at radius 3 is 2.11 bits per heavy atom. The van der Waals surface area contributed by atoms with E-state index < -0.39 is 29.9 Å². The number of carbonyl (C=O) groups is 4. The van der Waals surface area contributed by atoms with Crippen LogP contribution in [0.2, 0.25) is 0 Å². The number of esters is 3. The molecule has 0 bridgehead atoms. The SMILES string of the molecule is CC(=O)OC1=CC(OC(C)=O)C(C(=O)/C=C/c2ccc(OC(C)=O)cc2)C=C1. The summed E-state index contributed by atoms with van der Waals surface area (Å²) in [5.41, 5.74) is 0.726. The first-order valence-corrected chi connectivity index (χ1v) is 8.50. The Morgan fingerprint density at radius 2 is 1.54 bits per heavy atom. The summed E-state index contributed by atoms with van der Waals surface area (Å²) in [6.45, 7) is 3.80. The van der Waals surface area contributed by atoms with Crippen LogP contribution in [0.5, 0.6) is 5.75 Å². The minimum absolute atomic E-state index is 0.216. The molecule has 0 amide bonds. The maximum absolute atomic E-state index is 12.6. The van der Waals surface area contributed by atoms with Crippen LogP contribution in [-0.4, -0.2) is 29.8 Å². The highest BCUT2D eigenvalue weighted by atomic mass is 16.6. The molecule has 28 heavy (non-hydrogen) atoms. The monoisotopic (exact) mass is 384 g/mol. The third-order valence-electron chi connectivity index (χ3n) is 3.62. The first-order valence-electron chi connectivity index (χ1n) is 8.50. The molecule has 1 aliphatic carbocycles. The van der Waals surface area contributed by atoms with Gasteiger partial charge in [0.2, 0.25) is 0 Å². The Balaban J connectivity index is 2.10. The molecule has 1 aromatic carbocycles. The van der Waals surface area contributed by atoms with E-state index in [1.54, 1.807) is 30.3 Å². The molecule has 146 valence electrons. The van der Waals surface area contributed by atoms with Crippen molar-refractivity contribution in [3.05, 3.63) is 59.9 Å². The van der Waals surface area contributed by atoms with Gasteiger partial charge < -0.3 is 14.2 Å². The highest BCUT2D eigenvalue weighted by Crippen LogP contribution is 2.23. The minimum atomic E-state index is -0.875. The van der Waals surface area contributed by atoms with E-state index in [4.69, 9.17) is 14.2 Å². The van der Waals surface area contributed by atoms with E-state index in [1.165, 1.54) is 45.1 Å². The minimum Gasteiger partial charge on any atom is -0.457 e. The summed E-state index contributed by atoms with van der Waals surface area (Å²) >= 11 is 0. The Morgan fingerprint density at radius 1 is 0.893 bits per heavy atom. The zero-order valence-electron chi connectivity index (χ0n) is 15.7. The molecule has 0 fully saturated rings. The lowest BCUT2D eigenvalue weighted by molar-refractivity contribution is -0.146. The van der Waals surface area contributed by atoms with E-state index in [1.807, 2.05) is 0 Å². The molecule has 2 unspecified atom stereocenters. The van der Waals surface area contributed by atoms with Crippen molar-refractivity contribution in [3.8, 4) is 5.75 Å². The normalized spacial score (nSPS) is 18.3. The summed E-state index contributed by atoms with van der Waals surface area (Å²) < 4.78 is 15.1. The number of ketones is 1. The molecule has 1 aromatic rings. The van der Waals surface area contributed by atoms with Gasteiger partial charge in [0, 0.05) is 20.8 Å². The Labute approximate surface area is 162 Å². The molecule has 0 heterocycles. The molecule has 0 N–H and O–H groups in total. The molecular formula is C21H20O7. The second kappa shape index (κ2) is 9.45. The van der Waals surface area contributed by atoms with Crippen LogP contribution >= 0.6 is 0 Å². The van der Waals surface area contributed by atoms with Gasteiger partial charge in [0.05, 0.1) is 5.92 Å². The van der Waals surface area contributed by atoms with Crippen molar-refractivity contribution in [1.29, 1.82) is 0 Å². The fraction of sp³-hybridized carbons (Fsp3) is 0.238. The van der Waals surface area contributed by atoms with Crippen molar-refractivity contribution in [3.63, 3.8) is 0 Å². The van der Waals surface area contributed by atoms with Gasteiger partial charge in [-0.15, -0.1) is 0 Å². The molecule has 0 radical (unpaired) electrons. The van der Waals surface area contributed by atoms with Gasteiger partial charge in [0.25, 0.3) is 0 Å². The van der Waals surface area contributed by atoms with Gasteiger partial charge in [-0.1, -0.05) is 24.3 Å². The lowest BCUT2D eigenvalue weighted by Gasteiger charge is -2.23. The van der Waals surface area contributed by atoms with Crippen LogP contribution < -0.4 is 4.74 Å². The van der Waals surface area contributed by atoms with Gasteiger partial charge in [0.1, 0.15) is 17.6 Å². The summed E-state index contributed by atoms with van der Waals surface area (Å²) in [7, 11) is 0. The van der Waals surface area contributed by atoms with E-state index in [2.05, 4.69) is 0 Å². The summed E-state index contributed by atoms with van der Waals surface area (Å²) in [5.74, 6) is -1.89. The van der Waals surface area contributed by atoms with Gasteiger partial charge in [-0.05, 0) is 35.9 Å². The number of hydrogen-bond donors (Lipinski definition) is 0. The van der Waals surface area contributed by atoms with Gasteiger partial charge in [0.15, 0.2) is 5.78 Å². The van der Waals surface area contributed by atoms with Crippen LogP contribution in [0, 0.1) is 5.92 Å². The second-order valence-electron chi connectivity index (χ2n) is 6.02. The number of carbonyl (C=O) groups excluding carboxylic acids is 4. The number of allylic oxidation sites excluding steroid dienone is 2. The van der Waals surface area contributed by atoms with Gasteiger partial charge in [-0.2, -0.15) is 0 Å². The van der Waals surface area contributed by atoms with E-state index in [0.29, 0.717) is 5.75 Å². The molecule has 7 nitrogen and oxygen atoms in total. The number of rotatable bonds is 6. The standard InChI is InChI=1S/C21H20O7/c1-13(22)26-17-7-4-16(5-8-17)6-11-20(25)19-10-9-18(27-14(2)23)12-21(19)28-15(3)24/h4-12,19,21H,1-3H3/b11-6+. The van der Waals surface area contributed by atoms with Crippen molar-refractivity contribution in [2.75, 3.05) is 0 Å². The molecule has 0 saturated heterocycles. The van der Waals surface area contributed by atoms with Crippen molar-refractivity contribution in [1.82, 2.24) is 0 Å². The smallest absolute Gasteiger partial charge is 0.308 e. The molecule has 0 spiro atoms. The van der Waals surface area contributed by atoms with Gasteiger partial charge in [-0.3, -0.25) is 19.2 Å². The fourth-order valence-corrected chi connectivity index (χ4v) is 2.52. The Hall–Kier alpha value is -3.48. The van der Waals surface area contributed by atoms with Crippen LogP contribution in [-0.2, 0) is 28.7 Å². The summed E-state index contributed by atoms with van der Waals surface area (Å²) in [6.07, 6.45) is 6.54. The molecule has 0 aliphatic heterocycles. The molecule has 7 heteroatoms. The molecule has 1 aliphatic rings. The predicted octanol–water partition coefficient (Wildman–Crippen LogP) is 2.76. The third kappa shape index (κ3) is 6.35. The third-order valence-corrected chi connectivity index (χ3v) is 3.62. The lowest BCUT2D eigenvalue weighted by atomic mass is 9.92. The predicted molar refractivity (Wildman–Crippen MR) is 99.8 cm³/mol. The maximum atomic E-state index is 12.6. The zero-order valence-corrected chi connectivity index (χ0v) is 15.7. The second-order valence-corrected chi connectivity index (χ2v) is 6.02. The average molecular weight is 384 g/mol. The first-order chi connectivity index (χ1) is 13.2. The Bertz CT molecular complexity index is 859. The van der Waals surface area contributed by atoms with Gasteiger partial charge >= 0.3 is 17.9 Å². The topological polar surface area (TPSA) is 96.0 Å². The van der Waals surface area contributed by atoms with E-state index in [9.17, 15) is 19.2 Å². The fourth-order valence-electron chi connectivity index (χ4n) is 2.52. The van der Waals surface area contributed by atoms with Crippen molar-refractivity contribution >= 4 is 29.8 Å². The summed E-state index contributed by atoms with van der Waals surface area (Å²) in [5, 5.41) is 0. The number of ether oxygens (including phenoxy) is 3. The number of benzene rings is 1. The molecule has 0 aromatic heterocycles. The van der Waals surface area contributed by atoms with Crippen LogP contribution in [0.1, 0.15) is 26.3 Å². The van der Waals surface area contributed by atoms with Crippen molar-refractivity contribution < 1.29 is 33.4 Å². The van der Waals surface area contributed by atoms with E-state index in [-0.39, 0.29) is 11.5 Å².